The minimum absolute atomic E-state index is 0.308. The van der Waals surface area contributed by atoms with Gasteiger partial charge in [-0.1, -0.05) is 19.8 Å². The lowest BCUT2D eigenvalue weighted by Gasteiger charge is -2.40. The molecule has 1 saturated carbocycles. The summed E-state index contributed by atoms with van der Waals surface area (Å²) >= 11 is 0. The maximum atomic E-state index is 11.7. The molecule has 0 spiro atoms. The summed E-state index contributed by atoms with van der Waals surface area (Å²) in [5, 5.41) is 3.03. The molecule has 80 valence electrons. The fourth-order valence-corrected chi connectivity index (χ4v) is 2.78. The van der Waals surface area contributed by atoms with Gasteiger partial charge in [-0.3, -0.25) is 4.79 Å². The third-order valence-electron chi connectivity index (χ3n) is 3.95. The van der Waals surface area contributed by atoms with E-state index in [0.717, 1.165) is 19.4 Å². The predicted molar refractivity (Wildman–Crippen MR) is 56.9 cm³/mol. The molecule has 2 heteroatoms. The van der Waals surface area contributed by atoms with E-state index in [4.69, 9.17) is 0 Å². The molecule has 1 heterocycles. The van der Waals surface area contributed by atoms with E-state index in [1.54, 1.807) is 0 Å². The van der Waals surface area contributed by atoms with Gasteiger partial charge in [0.25, 0.3) is 0 Å². The Kier molecular flexibility index (Phi) is 2.80. The molecule has 0 aromatic rings. The number of carbonyl (C=O) groups excluding carboxylic acids is 1. The standard InChI is InChI=1S/C12H21NO/c1-12(6-4-7-12)9-10-5-2-3-8-13-11(10)14/h10H,2-9H2,1H3,(H,13,14). The van der Waals surface area contributed by atoms with Gasteiger partial charge in [-0.15, -0.1) is 0 Å². The van der Waals surface area contributed by atoms with Crippen LogP contribution in [0.4, 0.5) is 0 Å². The molecule has 2 rings (SSSR count). The van der Waals surface area contributed by atoms with E-state index in [9.17, 15) is 4.79 Å². The SMILES string of the molecule is CC1(CC2CCCCNC2=O)CCC1. The van der Waals surface area contributed by atoms with Gasteiger partial charge in [0.1, 0.15) is 0 Å². The van der Waals surface area contributed by atoms with Crippen LogP contribution in [0.2, 0.25) is 0 Å². The highest BCUT2D eigenvalue weighted by Crippen LogP contribution is 2.46. The Labute approximate surface area is 86.5 Å². The molecule has 1 saturated heterocycles. The van der Waals surface area contributed by atoms with Crippen molar-refractivity contribution in [1.29, 1.82) is 0 Å². The average molecular weight is 195 g/mol. The maximum Gasteiger partial charge on any atom is 0.223 e. The summed E-state index contributed by atoms with van der Waals surface area (Å²) in [6, 6.07) is 0. The molecule has 1 aliphatic carbocycles. The number of hydrogen-bond acceptors (Lipinski definition) is 1. The summed E-state index contributed by atoms with van der Waals surface area (Å²) in [4.78, 5) is 11.7. The van der Waals surface area contributed by atoms with Crippen molar-refractivity contribution in [2.24, 2.45) is 11.3 Å². The summed E-state index contributed by atoms with van der Waals surface area (Å²) in [5.41, 5.74) is 0.492. The van der Waals surface area contributed by atoms with E-state index in [1.807, 2.05) is 0 Å². The molecule has 1 N–H and O–H groups in total. The third-order valence-corrected chi connectivity index (χ3v) is 3.95. The number of amides is 1. The number of hydrogen-bond donors (Lipinski definition) is 1. The van der Waals surface area contributed by atoms with Gasteiger partial charge in [-0.05, 0) is 37.5 Å². The van der Waals surface area contributed by atoms with Crippen molar-refractivity contribution in [3.63, 3.8) is 0 Å². The van der Waals surface area contributed by atoms with Crippen LogP contribution in [-0.4, -0.2) is 12.5 Å². The lowest BCUT2D eigenvalue weighted by Crippen LogP contribution is -2.35. The van der Waals surface area contributed by atoms with Crippen molar-refractivity contribution in [2.75, 3.05) is 6.54 Å². The normalized spacial score (nSPS) is 31.5. The lowest BCUT2D eigenvalue weighted by atomic mass is 9.65. The second kappa shape index (κ2) is 3.92. The zero-order chi connectivity index (χ0) is 10.0. The van der Waals surface area contributed by atoms with Crippen LogP contribution in [0.15, 0.2) is 0 Å². The van der Waals surface area contributed by atoms with Gasteiger partial charge in [0.15, 0.2) is 0 Å². The number of carbonyl (C=O) groups is 1. The van der Waals surface area contributed by atoms with Crippen LogP contribution in [0, 0.1) is 11.3 Å². The predicted octanol–water partition coefficient (Wildman–Crippen LogP) is 2.48. The molecular formula is C12H21NO. The van der Waals surface area contributed by atoms with E-state index in [1.165, 1.54) is 32.1 Å². The molecule has 0 bridgehead atoms. The van der Waals surface area contributed by atoms with Crippen LogP contribution in [0.1, 0.15) is 51.9 Å². The van der Waals surface area contributed by atoms with Crippen LogP contribution < -0.4 is 5.32 Å². The quantitative estimate of drug-likeness (QED) is 0.720. The highest BCUT2D eigenvalue weighted by atomic mass is 16.1. The van der Waals surface area contributed by atoms with Crippen LogP contribution in [0.3, 0.4) is 0 Å². The van der Waals surface area contributed by atoms with Gasteiger partial charge in [0.05, 0.1) is 0 Å². The van der Waals surface area contributed by atoms with E-state index in [0.29, 0.717) is 17.2 Å². The van der Waals surface area contributed by atoms with Gasteiger partial charge in [-0.25, -0.2) is 0 Å². The smallest absolute Gasteiger partial charge is 0.223 e. The Morgan fingerprint density at radius 1 is 1.36 bits per heavy atom. The number of rotatable bonds is 2. The summed E-state index contributed by atoms with van der Waals surface area (Å²) in [5.74, 6) is 0.624. The van der Waals surface area contributed by atoms with Crippen LogP contribution in [0.5, 0.6) is 0 Å². The molecule has 1 unspecified atom stereocenters. The van der Waals surface area contributed by atoms with Gasteiger partial charge in [0, 0.05) is 12.5 Å². The lowest BCUT2D eigenvalue weighted by molar-refractivity contribution is -0.126. The zero-order valence-corrected chi connectivity index (χ0v) is 9.14. The summed E-state index contributed by atoms with van der Waals surface area (Å²) in [6.45, 7) is 3.24. The fraction of sp³-hybridized carbons (Fsp3) is 0.917. The Balaban J connectivity index is 1.90. The fourth-order valence-electron chi connectivity index (χ4n) is 2.78. The van der Waals surface area contributed by atoms with E-state index >= 15 is 0 Å². The second-order valence-electron chi connectivity index (χ2n) is 5.35. The summed E-state index contributed by atoms with van der Waals surface area (Å²) in [6.07, 6.45) is 8.65. The molecule has 0 aromatic heterocycles. The van der Waals surface area contributed by atoms with Gasteiger partial charge in [0.2, 0.25) is 5.91 Å². The zero-order valence-electron chi connectivity index (χ0n) is 9.14. The third kappa shape index (κ3) is 2.10. The monoisotopic (exact) mass is 195 g/mol. The highest BCUT2D eigenvalue weighted by molar-refractivity contribution is 5.78. The topological polar surface area (TPSA) is 29.1 Å². The van der Waals surface area contributed by atoms with E-state index in [2.05, 4.69) is 12.2 Å². The van der Waals surface area contributed by atoms with Crippen molar-refractivity contribution >= 4 is 5.91 Å². The minimum Gasteiger partial charge on any atom is -0.356 e. The first kappa shape index (κ1) is 10.0. The van der Waals surface area contributed by atoms with Crippen LogP contribution >= 0.6 is 0 Å². The Morgan fingerprint density at radius 2 is 2.14 bits per heavy atom. The Morgan fingerprint density at radius 3 is 2.79 bits per heavy atom. The molecule has 1 atom stereocenters. The molecular weight excluding hydrogens is 174 g/mol. The first-order valence-electron chi connectivity index (χ1n) is 5.97. The van der Waals surface area contributed by atoms with Crippen LogP contribution in [0.25, 0.3) is 0 Å². The van der Waals surface area contributed by atoms with E-state index in [-0.39, 0.29) is 0 Å². The van der Waals surface area contributed by atoms with Crippen molar-refractivity contribution in [1.82, 2.24) is 5.32 Å². The van der Waals surface area contributed by atoms with Gasteiger partial charge >= 0.3 is 0 Å². The molecule has 2 aliphatic rings. The molecule has 14 heavy (non-hydrogen) atoms. The minimum atomic E-state index is 0.308. The summed E-state index contributed by atoms with van der Waals surface area (Å²) in [7, 11) is 0. The highest BCUT2D eigenvalue weighted by Gasteiger charge is 2.36. The summed E-state index contributed by atoms with van der Waals surface area (Å²) < 4.78 is 0. The van der Waals surface area contributed by atoms with Crippen LogP contribution in [-0.2, 0) is 4.79 Å². The first-order valence-corrected chi connectivity index (χ1v) is 5.97. The molecule has 1 amide bonds. The average Bonchev–Trinajstić information content (AvgIpc) is 2.29. The van der Waals surface area contributed by atoms with Gasteiger partial charge in [-0.2, -0.15) is 0 Å². The number of nitrogens with one attached hydrogen (secondary N) is 1. The van der Waals surface area contributed by atoms with Crippen molar-refractivity contribution in [2.45, 2.75) is 51.9 Å². The second-order valence-corrected chi connectivity index (χ2v) is 5.35. The molecule has 0 radical (unpaired) electrons. The van der Waals surface area contributed by atoms with E-state index < -0.39 is 0 Å². The molecule has 0 aromatic carbocycles. The van der Waals surface area contributed by atoms with Gasteiger partial charge < -0.3 is 5.32 Å². The largest absolute Gasteiger partial charge is 0.356 e. The molecule has 2 nitrogen and oxygen atoms in total. The molecule has 1 aliphatic heterocycles. The molecule has 2 fully saturated rings. The van der Waals surface area contributed by atoms with Crippen molar-refractivity contribution in [3.05, 3.63) is 0 Å². The first-order chi connectivity index (χ1) is 6.70. The Bertz CT molecular complexity index is 220. The van der Waals surface area contributed by atoms with Crippen molar-refractivity contribution in [3.8, 4) is 0 Å². The van der Waals surface area contributed by atoms with Crippen molar-refractivity contribution < 1.29 is 4.79 Å². The maximum absolute atomic E-state index is 11.7. The Hall–Kier alpha value is -0.530.